The van der Waals surface area contributed by atoms with Gasteiger partial charge in [-0.1, -0.05) is 0 Å². The fraction of sp³-hybridized carbons (Fsp3) is 0.826. The van der Waals surface area contributed by atoms with Gasteiger partial charge in [-0.25, -0.2) is 14.4 Å². The Bertz CT molecular complexity index is 765. The molecule has 11 heteroatoms. The lowest BCUT2D eigenvalue weighted by Gasteiger charge is -2.34. The third-order valence-corrected chi connectivity index (χ3v) is 4.82. The lowest BCUT2D eigenvalue weighted by molar-refractivity contribution is -0.146. The Morgan fingerprint density at radius 2 is 1.24 bits per heavy atom. The number of esters is 1. The highest BCUT2D eigenvalue weighted by molar-refractivity contribution is 5.82. The van der Waals surface area contributed by atoms with Crippen molar-refractivity contribution in [1.29, 1.82) is 0 Å². The molecule has 0 aromatic carbocycles. The Morgan fingerprint density at radius 3 is 1.65 bits per heavy atom. The van der Waals surface area contributed by atoms with Crippen LogP contribution in [0, 0.1) is 0 Å². The third kappa shape index (κ3) is 7.83. The van der Waals surface area contributed by atoms with Crippen LogP contribution in [0.4, 0.5) is 9.59 Å². The van der Waals surface area contributed by atoms with Crippen LogP contribution in [0.15, 0.2) is 0 Å². The summed E-state index contributed by atoms with van der Waals surface area (Å²) in [6, 6.07) is -1.33. The van der Waals surface area contributed by atoms with E-state index in [0.29, 0.717) is 6.29 Å². The van der Waals surface area contributed by atoms with Crippen molar-refractivity contribution in [3.63, 3.8) is 0 Å². The number of aldehydes is 1. The molecule has 2 amide bonds. The summed E-state index contributed by atoms with van der Waals surface area (Å²) in [5, 5.41) is 0. The Hall–Kier alpha value is -2.40. The quantitative estimate of drug-likeness (QED) is 0.328. The molecule has 34 heavy (non-hydrogen) atoms. The van der Waals surface area contributed by atoms with E-state index in [2.05, 4.69) is 4.74 Å². The summed E-state index contributed by atoms with van der Waals surface area (Å²) >= 11 is 0. The normalized spacial score (nSPS) is 23.5. The zero-order valence-electron chi connectivity index (χ0n) is 22.2. The molecule has 0 radical (unpaired) electrons. The molecule has 196 valence electrons. The SMILES string of the molecule is CC(C)(C)OC(=O)N1C(C=O)COC1(C)C.COC(=O)C1COC(C)(C)N1C(=O)OC(C)(C)C. The molecule has 2 saturated heterocycles. The Labute approximate surface area is 201 Å². The van der Waals surface area contributed by atoms with Crippen molar-refractivity contribution in [2.75, 3.05) is 20.3 Å². The molecule has 0 bridgehead atoms. The average Bonchev–Trinajstić information content (AvgIpc) is 3.13. The van der Waals surface area contributed by atoms with Crippen LogP contribution in [-0.4, -0.2) is 89.3 Å². The predicted molar refractivity (Wildman–Crippen MR) is 122 cm³/mol. The van der Waals surface area contributed by atoms with E-state index in [4.69, 9.17) is 18.9 Å². The topological polar surface area (TPSA) is 121 Å². The summed E-state index contributed by atoms with van der Waals surface area (Å²) in [6.07, 6.45) is -0.397. The van der Waals surface area contributed by atoms with E-state index < -0.39 is 52.9 Å². The van der Waals surface area contributed by atoms with Gasteiger partial charge in [-0.05, 0) is 69.2 Å². The van der Waals surface area contributed by atoms with E-state index in [-0.39, 0.29) is 13.2 Å². The van der Waals surface area contributed by atoms with Gasteiger partial charge in [-0.2, -0.15) is 0 Å². The summed E-state index contributed by atoms with van der Waals surface area (Å²) in [4.78, 5) is 49.1. The fourth-order valence-electron chi connectivity index (χ4n) is 3.37. The summed E-state index contributed by atoms with van der Waals surface area (Å²) in [6.45, 7) is 17.9. The minimum absolute atomic E-state index is 0.110. The number of carbonyl (C=O) groups excluding carboxylic acids is 4. The van der Waals surface area contributed by atoms with Crippen molar-refractivity contribution in [1.82, 2.24) is 9.80 Å². The maximum Gasteiger partial charge on any atom is 0.413 e. The van der Waals surface area contributed by atoms with Crippen LogP contribution in [0.3, 0.4) is 0 Å². The first-order valence-corrected chi connectivity index (χ1v) is 11.1. The van der Waals surface area contributed by atoms with Crippen molar-refractivity contribution in [3.8, 4) is 0 Å². The number of methoxy groups -OCH3 is 1. The zero-order chi connectivity index (χ0) is 26.7. The number of hydrogen-bond acceptors (Lipinski definition) is 9. The monoisotopic (exact) mass is 488 g/mol. The maximum absolute atomic E-state index is 12.1. The number of hydrogen-bond donors (Lipinski definition) is 0. The van der Waals surface area contributed by atoms with Gasteiger partial charge in [0.15, 0.2) is 6.04 Å². The van der Waals surface area contributed by atoms with Crippen LogP contribution < -0.4 is 0 Å². The highest BCUT2D eigenvalue weighted by atomic mass is 16.6. The van der Waals surface area contributed by atoms with Crippen molar-refractivity contribution in [2.45, 2.75) is 104 Å². The summed E-state index contributed by atoms with van der Waals surface area (Å²) < 4.78 is 26.0. The molecule has 0 saturated carbocycles. The van der Waals surface area contributed by atoms with Gasteiger partial charge in [-0.15, -0.1) is 0 Å². The van der Waals surface area contributed by atoms with Crippen LogP contribution in [0.25, 0.3) is 0 Å². The van der Waals surface area contributed by atoms with E-state index in [0.717, 1.165) is 0 Å². The molecule has 0 aromatic rings. The average molecular weight is 489 g/mol. The second-order valence-electron chi connectivity index (χ2n) is 11.0. The van der Waals surface area contributed by atoms with Gasteiger partial charge in [0, 0.05) is 0 Å². The molecular weight excluding hydrogens is 448 g/mol. The van der Waals surface area contributed by atoms with Crippen molar-refractivity contribution < 1.29 is 42.9 Å². The molecule has 2 aliphatic rings. The van der Waals surface area contributed by atoms with E-state index in [1.54, 1.807) is 69.2 Å². The molecule has 11 nitrogen and oxygen atoms in total. The molecular formula is C23H40N2O9. The smallest absolute Gasteiger partial charge is 0.413 e. The zero-order valence-corrected chi connectivity index (χ0v) is 22.2. The second kappa shape index (κ2) is 10.5. The molecule has 2 rings (SSSR count). The van der Waals surface area contributed by atoms with E-state index in [1.807, 2.05) is 0 Å². The standard InChI is InChI=1S/C12H21NO5.C11H19NO4/c1-11(2,3)18-10(15)13-8(9(14)16-6)7-17-12(13,4)5;1-10(2,3)16-9(14)12-8(6-13)7-15-11(12,4)5/h8H,7H2,1-6H3;6,8H,7H2,1-5H3. The lowest BCUT2D eigenvalue weighted by atomic mass is 10.2. The first-order valence-electron chi connectivity index (χ1n) is 11.1. The molecule has 0 aliphatic carbocycles. The van der Waals surface area contributed by atoms with Gasteiger partial charge in [0.2, 0.25) is 0 Å². The number of carbonyl (C=O) groups is 4. The van der Waals surface area contributed by atoms with Crippen LogP contribution in [0.2, 0.25) is 0 Å². The number of ether oxygens (including phenoxy) is 5. The Balaban J connectivity index is 0.000000342. The van der Waals surface area contributed by atoms with Crippen LogP contribution in [-0.2, 0) is 33.3 Å². The third-order valence-electron chi connectivity index (χ3n) is 4.82. The minimum atomic E-state index is -0.888. The van der Waals surface area contributed by atoms with E-state index >= 15 is 0 Å². The van der Waals surface area contributed by atoms with Crippen LogP contribution in [0.5, 0.6) is 0 Å². The van der Waals surface area contributed by atoms with Crippen molar-refractivity contribution in [3.05, 3.63) is 0 Å². The molecule has 2 atom stereocenters. The fourth-order valence-corrected chi connectivity index (χ4v) is 3.37. The van der Waals surface area contributed by atoms with E-state index in [9.17, 15) is 19.2 Å². The highest BCUT2D eigenvalue weighted by Crippen LogP contribution is 2.30. The Kier molecular flexibility index (Phi) is 9.13. The molecule has 0 N–H and O–H groups in total. The summed E-state index contributed by atoms with van der Waals surface area (Å²) in [5.74, 6) is -0.508. The van der Waals surface area contributed by atoms with Gasteiger partial charge in [0.25, 0.3) is 0 Å². The maximum atomic E-state index is 12.1. The van der Waals surface area contributed by atoms with Crippen LogP contribution >= 0.6 is 0 Å². The highest BCUT2D eigenvalue weighted by Gasteiger charge is 2.49. The Morgan fingerprint density at radius 1 is 0.824 bits per heavy atom. The van der Waals surface area contributed by atoms with Gasteiger partial charge in [0.05, 0.1) is 20.3 Å². The molecule has 2 aliphatic heterocycles. The van der Waals surface area contributed by atoms with Crippen LogP contribution in [0.1, 0.15) is 69.2 Å². The summed E-state index contributed by atoms with van der Waals surface area (Å²) in [7, 11) is 1.28. The number of rotatable bonds is 2. The van der Waals surface area contributed by atoms with Gasteiger partial charge < -0.3 is 28.5 Å². The summed E-state index contributed by atoms with van der Waals surface area (Å²) in [5.41, 5.74) is -2.89. The van der Waals surface area contributed by atoms with Gasteiger partial charge in [0.1, 0.15) is 35.0 Å². The van der Waals surface area contributed by atoms with Gasteiger partial charge in [-0.3, -0.25) is 9.80 Å². The minimum Gasteiger partial charge on any atom is -0.467 e. The first-order chi connectivity index (χ1) is 15.3. The molecule has 0 aromatic heterocycles. The molecule has 2 heterocycles. The lowest BCUT2D eigenvalue weighted by Crippen LogP contribution is -2.52. The predicted octanol–water partition coefficient (Wildman–Crippen LogP) is 3.09. The number of amides is 2. The second-order valence-corrected chi connectivity index (χ2v) is 11.0. The van der Waals surface area contributed by atoms with Crippen molar-refractivity contribution in [2.24, 2.45) is 0 Å². The van der Waals surface area contributed by atoms with E-state index in [1.165, 1.54) is 16.9 Å². The largest absolute Gasteiger partial charge is 0.467 e. The van der Waals surface area contributed by atoms with Crippen molar-refractivity contribution >= 4 is 24.4 Å². The number of nitrogens with zero attached hydrogens (tertiary/aromatic N) is 2. The molecule has 0 spiro atoms. The molecule has 2 unspecified atom stereocenters. The first kappa shape index (κ1) is 29.6. The van der Waals surface area contributed by atoms with Gasteiger partial charge >= 0.3 is 18.2 Å². The molecule has 2 fully saturated rings.